The highest BCUT2D eigenvalue weighted by Crippen LogP contribution is 2.25. The van der Waals surface area contributed by atoms with E-state index < -0.39 is 28.1 Å². The van der Waals surface area contributed by atoms with E-state index in [1.807, 2.05) is 42.5 Å². The SMILES string of the molecule is C=C/C=C/C=C(\N=C(/C)C(=O)CC(=O)N(Cc1ccc2ccccc2c1)c1cccc(S(=O)(=O)N(C)C)c1)OC. The monoisotopic (exact) mass is 559 g/mol. The van der Waals surface area contributed by atoms with Crippen molar-refractivity contribution in [3.63, 3.8) is 0 Å². The molecule has 3 rings (SSSR count). The second-order valence-electron chi connectivity index (χ2n) is 9.07. The molecule has 0 fully saturated rings. The van der Waals surface area contributed by atoms with Gasteiger partial charge in [0.25, 0.3) is 0 Å². The van der Waals surface area contributed by atoms with E-state index in [0.717, 1.165) is 20.6 Å². The smallest absolute Gasteiger partial charge is 0.242 e. The van der Waals surface area contributed by atoms with Gasteiger partial charge in [0.05, 0.1) is 30.7 Å². The molecule has 0 saturated carbocycles. The number of allylic oxidation sites excluding steroid dienone is 4. The van der Waals surface area contributed by atoms with Crippen molar-refractivity contribution in [1.82, 2.24) is 4.31 Å². The first-order valence-corrected chi connectivity index (χ1v) is 13.9. The van der Waals surface area contributed by atoms with E-state index in [1.54, 1.807) is 36.4 Å². The van der Waals surface area contributed by atoms with Gasteiger partial charge in [-0.2, -0.15) is 0 Å². The van der Waals surface area contributed by atoms with Gasteiger partial charge in [0.2, 0.25) is 21.8 Å². The highest BCUT2D eigenvalue weighted by atomic mass is 32.2. The van der Waals surface area contributed by atoms with Crippen LogP contribution < -0.4 is 4.90 Å². The molecule has 8 nitrogen and oxygen atoms in total. The fourth-order valence-corrected chi connectivity index (χ4v) is 4.76. The van der Waals surface area contributed by atoms with Gasteiger partial charge in [-0.05, 0) is 47.5 Å². The topological polar surface area (TPSA) is 96.3 Å². The van der Waals surface area contributed by atoms with Crippen molar-refractivity contribution in [1.29, 1.82) is 0 Å². The number of nitrogens with zero attached hydrogens (tertiary/aromatic N) is 3. The number of anilines is 1. The highest BCUT2D eigenvalue weighted by Gasteiger charge is 2.24. The molecule has 40 heavy (non-hydrogen) atoms. The van der Waals surface area contributed by atoms with Gasteiger partial charge in [0, 0.05) is 25.9 Å². The summed E-state index contributed by atoms with van der Waals surface area (Å²) in [5.74, 6) is -0.783. The number of fused-ring (bicyclic) bond motifs is 1. The van der Waals surface area contributed by atoms with Gasteiger partial charge in [-0.15, -0.1) is 0 Å². The van der Waals surface area contributed by atoms with Crippen LogP contribution in [0, 0.1) is 0 Å². The third-order valence-corrected chi connectivity index (χ3v) is 7.86. The van der Waals surface area contributed by atoms with Crippen molar-refractivity contribution in [2.24, 2.45) is 4.99 Å². The van der Waals surface area contributed by atoms with Crippen molar-refractivity contribution in [2.45, 2.75) is 24.8 Å². The molecule has 208 valence electrons. The minimum absolute atomic E-state index is 0.0397. The zero-order chi connectivity index (χ0) is 29.3. The fraction of sp³-hybridized carbons (Fsp3) is 0.194. The molecular formula is C31H33N3O5S. The van der Waals surface area contributed by atoms with Crippen LogP contribution in [0.3, 0.4) is 0 Å². The summed E-state index contributed by atoms with van der Waals surface area (Å²) in [6.07, 6.45) is 6.05. The zero-order valence-corrected chi connectivity index (χ0v) is 23.9. The second-order valence-corrected chi connectivity index (χ2v) is 11.2. The first-order chi connectivity index (χ1) is 19.1. The lowest BCUT2D eigenvalue weighted by Gasteiger charge is -2.24. The molecule has 0 aliphatic heterocycles. The molecule has 9 heteroatoms. The number of carbonyl (C=O) groups excluding carboxylic acids is 2. The van der Waals surface area contributed by atoms with E-state index in [0.29, 0.717) is 5.69 Å². The van der Waals surface area contributed by atoms with E-state index >= 15 is 0 Å². The van der Waals surface area contributed by atoms with Crippen molar-refractivity contribution >= 4 is 43.9 Å². The number of rotatable bonds is 12. The van der Waals surface area contributed by atoms with Crippen LogP contribution in [0.5, 0.6) is 0 Å². The number of ether oxygens (including phenoxy) is 1. The summed E-state index contributed by atoms with van der Waals surface area (Å²) in [6.45, 7) is 5.24. The van der Waals surface area contributed by atoms with Crippen molar-refractivity contribution in [3.8, 4) is 0 Å². The van der Waals surface area contributed by atoms with Crippen LogP contribution in [0.1, 0.15) is 18.9 Å². The minimum Gasteiger partial charge on any atom is -0.481 e. The number of benzene rings is 3. The average molecular weight is 560 g/mol. The maximum atomic E-state index is 13.6. The normalized spacial score (nSPS) is 12.6. The second kappa shape index (κ2) is 13.6. The molecule has 0 atom stereocenters. The Morgan fingerprint density at radius 3 is 2.38 bits per heavy atom. The summed E-state index contributed by atoms with van der Waals surface area (Å²) in [5.41, 5.74) is 1.28. The number of hydrogen-bond acceptors (Lipinski definition) is 6. The minimum atomic E-state index is -3.75. The highest BCUT2D eigenvalue weighted by molar-refractivity contribution is 7.89. The van der Waals surface area contributed by atoms with Gasteiger partial charge in [0.1, 0.15) is 0 Å². The molecule has 0 unspecified atom stereocenters. The standard InChI is InChI=1S/C31H33N3O5S/c1-6-7-8-16-30(39-5)32-23(2)29(35)21-31(36)34(22-24-17-18-25-12-9-10-13-26(25)19-24)27-14-11-15-28(20-27)40(37,38)33(3)4/h6-20H,1,21-22H2,2-5H3/b8-7+,30-16+,32-23+. The van der Waals surface area contributed by atoms with Crippen LogP contribution in [0.15, 0.2) is 113 Å². The Bertz CT molecular complexity index is 1600. The number of ketones is 1. The van der Waals surface area contributed by atoms with Crippen LogP contribution in [-0.4, -0.2) is 51.3 Å². The van der Waals surface area contributed by atoms with Gasteiger partial charge < -0.3 is 9.64 Å². The van der Waals surface area contributed by atoms with Gasteiger partial charge in [-0.1, -0.05) is 67.3 Å². The molecule has 0 aliphatic rings. The molecular weight excluding hydrogens is 526 g/mol. The predicted octanol–water partition coefficient (Wildman–Crippen LogP) is 5.27. The third kappa shape index (κ3) is 7.62. The predicted molar refractivity (Wildman–Crippen MR) is 160 cm³/mol. The molecule has 0 bridgehead atoms. The number of carbonyl (C=O) groups is 2. The largest absolute Gasteiger partial charge is 0.481 e. The van der Waals surface area contributed by atoms with Gasteiger partial charge in [0.15, 0.2) is 5.78 Å². The Morgan fingerprint density at radius 1 is 0.975 bits per heavy atom. The molecule has 0 aromatic heterocycles. The Labute approximate surface area is 235 Å². The summed E-state index contributed by atoms with van der Waals surface area (Å²) >= 11 is 0. The molecule has 1 amide bonds. The number of Topliss-reactive ketones (excluding diaryl/α,β-unsaturated/α-hetero) is 1. The van der Waals surface area contributed by atoms with Crippen molar-refractivity contribution < 1.29 is 22.7 Å². The van der Waals surface area contributed by atoms with Crippen LogP contribution >= 0.6 is 0 Å². The molecule has 0 N–H and O–H groups in total. The van der Waals surface area contributed by atoms with E-state index in [4.69, 9.17) is 4.74 Å². The van der Waals surface area contributed by atoms with Crippen LogP contribution in [-0.2, 0) is 30.9 Å². The molecule has 0 radical (unpaired) electrons. The first kappa shape index (κ1) is 30.2. The number of methoxy groups -OCH3 is 1. The number of aliphatic imine (C=N–C) groups is 1. The van der Waals surface area contributed by atoms with Crippen LogP contribution in [0.25, 0.3) is 10.8 Å². The van der Waals surface area contributed by atoms with Gasteiger partial charge in [-0.3, -0.25) is 9.59 Å². The van der Waals surface area contributed by atoms with Crippen LogP contribution in [0.4, 0.5) is 5.69 Å². The van der Waals surface area contributed by atoms with Gasteiger partial charge >= 0.3 is 0 Å². The average Bonchev–Trinajstić information content (AvgIpc) is 2.95. The number of amides is 1. The zero-order valence-electron chi connectivity index (χ0n) is 23.1. The third-order valence-electron chi connectivity index (χ3n) is 6.05. The number of hydrogen-bond donors (Lipinski definition) is 0. The van der Waals surface area contributed by atoms with E-state index in [1.165, 1.54) is 45.2 Å². The van der Waals surface area contributed by atoms with E-state index in [2.05, 4.69) is 11.6 Å². The maximum Gasteiger partial charge on any atom is 0.242 e. The molecule has 0 spiro atoms. The van der Waals surface area contributed by atoms with Crippen LogP contribution in [0.2, 0.25) is 0 Å². The molecule has 0 heterocycles. The lowest BCUT2D eigenvalue weighted by molar-refractivity contribution is -0.123. The summed E-state index contributed by atoms with van der Waals surface area (Å²) in [5, 5.41) is 2.05. The fourth-order valence-electron chi connectivity index (χ4n) is 3.82. The van der Waals surface area contributed by atoms with Crippen molar-refractivity contribution in [3.05, 3.63) is 109 Å². The Hall–Kier alpha value is -4.34. The maximum absolute atomic E-state index is 13.6. The summed E-state index contributed by atoms with van der Waals surface area (Å²) in [4.78, 5) is 32.3. The number of sulfonamides is 1. The summed E-state index contributed by atoms with van der Waals surface area (Å²) < 4.78 is 31.9. The lowest BCUT2D eigenvalue weighted by Crippen LogP contribution is -2.33. The van der Waals surface area contributed by atoms with Crippen molar-refractivity contribution in [2.75, 3.05) is 26.1 Å². The summed E-state index contributed by atoms with van der Waals surface area (Å²) in [7, 11) is 0.568. The Kier molecular flexibility index (Phi) is 10.3. The molecule has 3 aromatic carbocycles. The van der Waals surface area contributed by atoms with E-state index in [-0.39, 0.29) is 23.0 Å². The summed E-state index contributed by atoms with van der Waals surface area (Å²) in [6, 6.07) is 19.8. The molecule has 0 aliphatic carbocycles. The molecule has 3 aromatic rings. The Morgan fingerprint density at radius 2 is 1.70 bits per heavy atom. The molecule has 0 saturated heterocycles. The Balaban J connectivity index is 1.97. The van der Waals surface area contributed by atoms with Gasteiger partial charge in [-0.25, -0.2) is 17.7 Å². The van der Waals surface area contributed by atoms with E-state index in [9.17, 15) is 18.0 Å². The quantitative estimate of drug-likeness (QED) is 0.130. The lowest BCUT2D eigenvalue weighted by atomic mass is 10.1. The first-order valence-electron chi connectivity index (χ1n) is 12.5.